The number of rotatable bonds is 14. The van der Waals surface area contributed by atoms with Gasteiger partial charge in [0.2, 0.25) is 6.29 Å². The second kappa shape index (κ2) is 16.7. The number of carbonyl (C=O) groups excluding carboxylic acids is 2. The number of ether oxygens (including phenoxy) is 7. The van der Waals surface area contributed by atoms with E-state index in [1.54, 1.807) is 24.3 Å². The maximum Gasteiger partial charge on any atom is 0.337 e. The molecule has 0 unspecified atom stereocenters. The lowest BCUT2D eigenvalue weighted by molar-refractivity contribution is -0.302. The van der Waals surface area contributed by atoms with Gasteiger partial charge in [-0.05, 0) is 41.0 Å². The fourth-order valence-electron chi connectivity index (χ4n) is 5.14. The first-order chi connectivity index (χ1) is 22.5. The lowest BCUT2D eigenvalue weighted by Crippen LogP contribution is -2.63. The summed E-state index contributed by atoms with van der Waals surface area (Å²) in [5, 5.41) is 0. The topological polar surface area (TPSA) is 98.8 Å². The molecule has 0 bridgehead atoms. The molecule has 4 aromatic carbocycles. The Kier molecular flexibility index (Phi) is 11.9. The second-order valence-corrected chi connectivity index (χ2v) is 10.8. The molecule has 46 heavy (non-hydrogen) atoms. The molecule has 0 N–H and O–H groups in total. The molecular formula is C37H38O9. The SMILES string of the molecule is COC(=O)c1ccc(O[C@H]2O[C@H](COCc3ccccc3)[C@@H](OCc3ccccc3)[C@H](OCc3ccccc3)[C@@H]2OC(C)=O)cc1. The van der Waals surface area contributed by atoms with Crippen molar-refractivity contribution in [2.24, 2.45) is 0 Å². The highest BCUT2D eigenvalue weighted by atomic mass is 16.7. The summed E-state index contributed by atoms with van der Waals surface area (Å²) >= 11 is 0. The number of benzene rings is 4. The summed E-state index contributed by atoms with van der Waals surface area (Å²) in [6.07, 6.45) is -4.26. The van der Waals surface area contributed by atoms with Crippen LogP contribution in [0, 0.1) is 0 Å². The zero-order valence-corrected chi connectivity index (χ0v) is 25.9. The zero-order chi connectivity index (χ0) is 32.1. The molecule has 9 nitrogen and oxygen atoms in total. The predicted octanol–water partition coefficient (Wildman–Crippen LogP) is 5.90. The third kappa shape index (κ3) is 9.24. The minimum Gasteiger partial charge on any atom is -0.465 e. The van der Waals surface area contributed by atoms with E-state index in [-0.39, 0.29) is 19.8 Å². The Bertz CT molecular complexity index is 1500. The Labute approximate surface area is 268 Å². The van der Waals surface area contributed by atoms with Crippen molar-refractivity contribution in [3.05, 3.63) is 138 Å². The lowest BCUT2D eigenvalue weighted by Gasteiger charge is -2.45. The molecule has 0 amide bonds. The molecule has 240 valence electrons. The first-order valence-corrected chi connectivity index (χ1v) is 15.1. The normalized spacial score (nSPS) is 20.9. The highest BCUT2D eigenvalue weighted by Crippen LogP contribution is 2.32. The molecule has 5 rings (SSSR count). The van der Waals surface area contributed by atoms with Crippen molar-refractivity contribution in [1.82, 2.24) is 0 Å². The van der Waals surface area contributed by atoms with Crippen LogP contribution in [0.4, 0.5) is 0 Å². The Morgan fingerprint density at radius 3 is 1.70 bits per heavy atom. The summed E-state index contributed by atoms with van der Waals surface area (Å²) < 4.78 is 42.6. The average molecular weight is 627 g/mol. The number of hydrogen-bond acceptors (Lipinski definition) is 9. The smallest absolute Gasteiger partial charge is 0.337 e. The van der Waals surface area contributed by atoms with Crippen molar-refractivity contribution in [3.8, 4) is 5.75 Å². The fourth-order valence-corrected chi connectivity index (χ4v) is 5.14. The number of hydrogen-bond donors (Lipinski definition) is 0. The molecule has 1 fully saturated rings. The highest BCUT2D eigenvalue weighted by Gasteiger charge is 2.51. The van der Waals surface area contributed by atoms with Crippen molar-refractivity contribution < 1.29 is 42.7 Å². The van der Waals surface area contributed by atoms with Gasteiger partial charge in [-0.15, -0.1) is 0 Å². The Hall–Kier alpha value is -4.54. The van der Waals surface area contributed by atoms with Crippen LogP contribution in [-0.2, 0) is 53.0 Å². The van der Waals surface area contributed by atoms with Gasteiger partial charge >= 0.3 is 11.9 Å². The summed E-state index contributed by atoms with van der Waals surface area (Å²) in [7, 11) is 1.32. The number of esters is 2. The molecule has 9 heteroatoms. The molecule has 0 aromatic heterocycles. The van der Waals surface area contributed by atoms with Crippen LogP contribution in [-0.4, -0.2) is 56.4 Å². The fraction of sp³-hybridized carbons (Fsp3) is 0.297. The van der Waals surface area contributed by atoms with Crippen LogP contribution in [0.3, 0.4) is 0 Å². The Morgan fingerprint density at radius 1 is 0.652 bits per heavy atom. The minimum absolute atomic E-state index is 0.146. The standard InChI is InChI=1S/C37H38O9/c1-26(38)44-35-34(43-24-29-16-10-5-11-17-29)33(42-23-28-14-8-4-9-15-28)32(25-41-22-27-12-6-3-7-13-27)46-37(35)45-31-20-18-30(19-21-31)36(39)40-2/h3-21,32-35,37H,22-25H2,1-2H3/t32-,33-,34+,35+,37+/m1/s1. The van der Waals surface area contributed by atoms with Gasteiger partial charge in [0.1, 0.15) is 24.1 Å². The van der Waals surface area contributed by atoms with Crippen LogP contribution in [0.25, 0.3) is 0 Å². The molecular weight excluding hydrogens is 588 g/mol. The lowest BCUT2D eigenvalue weighted by atomic mass is 9.97. The van der Waals surface area contributed by atoms with Gasteiger partial charge in [-0.2, -0.15) is 0 Å². The van der Waals surface area contributed by atoms with Crippen molar-refractivity contribution in [2.45, 2.75) is 57.5 Å². The van der Waals surface area contributed by atoms with Gasteiger partial charge in [-0.25, -0.2) is 4.79 Å². The van der Waals surface area contributed by atoms with E-state index in [1.165, 1.54) is 14.0 Å². The van der Waals surface area contributed by atoms with Crippen LogP contribution in [0.15, 0.2) is 115 Å². The first-order valence-electron chi connectivity index (χ1n) is 15.1. The molecule has 1 aliphatic heterocycles. The van der Waals surface area contributed by atoms with Crippen molar-refractivity contribution >= 4 is 11.9 Å². The highest BCUT2D eigenvalue weighted by molar-refractivity contribution is 5.89. The Morgan fingerprint density at radius 2 is 1.17 bits per heavy atom. The summed E-state index contributed by atoms with van der Waals surface area (Å²) in [6, 6.07) is 35.7. The molecule has 1 saturated heterocycles. The zero-order valence-electron chi connectivity index (χ0n) is 25.9. The van der Waals surface area contributed by atoms with Crippen molar-refractivity contribution in [1.29, 1.82) is 0 Å². The van der Waals surface area contributed by atoms with E-state index in [2.05, 4.69) is 0 Å². The van der Waals surface area contributed by atoms with Crippen LogP contribution >= 0.6 is 0 Å². The third-order valence-corrected chi connectivity index (χ3v) is 7.39. The van der Waals surface area contributed by atoms with Crippen molar-refractivity contribution in [3.63, 3.8) is 0 Å². The van der Waals surface area contributed by atoms with E-state index < -0.39 is 42.6 Å². The predicted molar refractivity (Wildman–Crippen MR) is 169 cm³/mol. The average Bonchev–Trinajstić information content (AvgIpc) is 3.09. The van der Waals surface area contributed by atoms with E-state index in [1.807, 2.05) is 91.0 Å². The molecule has 0 aliphatic carbocycles. The molecule has 1 aliphatic rings. The van der Waals surface area contributed by atoms with Crippen LogP contribution in [0.2, 0.25) is 0 Å². The van der Waals surface area contributed by atoms with E-state index in [4.69, 9.17) is 33.2 Å². The van der Waals surface area contributed by atoms with Gasteiger partial charge in [0.25, 0.3) is 0 Å². The largest absolute Gasteiger partial charge is 0.465 e. The van der Waals surface area contributed by atoms with Gasteiger partial charge in [0, 0.05) is 6.92 Å². The van der Waals surface area contributed by atoms with E-state index >= 15 is 0 Å². The van der Waals surface area contributed by atoms with E-state index in [0.717, 1.165) is 16.7 Å². The van der Waals surface area contributed by atoms with Crippen LogP contribution < -0.4 is 4.74 Å². The van der Waals surface area contributed by atoms with Gasteiger partial charge in [0.05, 0.1) is 39.1 Å². The van der Waals surface area contributed by atoms with Crippen molar-refractivity contribution in [2.75, 3.05) is 13.7 Å². The maximum atomic E-state index is 12.5. The number of methoxy groups -OCH3 is 1. The first kappa shape index (κ1) is 32.8. The third-order valence-electron chi connectivity index (χ3n) is 7.39. The Balaban J connectivity index is 1.45. The summed E-state index contributed by atoms with van der Waals surface area (Å²) in [5.74, 6) is -0.608. The van der Waals surface area contributed by atoms with Gasteiger partial charge < -0.3 is 33.2 Å². The molecule has 0 radical (unpaired) electrons. The summed E-state index contributed by atoms with van der Waals surface area (Å²) in [5.41, 5.74) is 3.27. The second-order valence-electron chi connectivity index (χ2n) is 10.8. The van der Waals surface area contributed by atoms with E-state index in [0.29, 0.717) is 17.9 Å². The van der Waals surface area contributed by atoms with Gasteiger partial charge in [0.15, 0.2) is 6.10 Å². The van der Waals surface area contributed by atoms with Crippen LogP contribution in [0.5, 0.6) is 5.75 Å². The maximum absolute atomic E-state index is 12.5. The molecule has 0 spiro atoms. The van der Waals surface area contributed by atoms with Gasteiger partial charge in [-0.1, -0.05) is 91.0 Å². The quantitative estimate of drug-likeness (QED) is 0.159. The van der Waals surface area contributed by atoms with Gasteiger partial charge in [-0.3, -0.25) is 4.79 Å². The molecule has 0 saturated carbocycles. The monoisotopic (exact) mass is 626 g/mol. The minimum atomic E-state index is -1.09. The summed E-state index contributed by atoms with van der Waals surface area (Å²) in [6.45, 7) is 2.32. The molecule has 5 atom stereocenters. The van der Waals surface area contributed by atoms with Crippen LogP contribution in [0.1, 0.15) is 34.0 Å². The summed E-state index contributed by atoms with van der Waals surface area (Å²) in [4.78, 5) is 24.4. The molecule has 4 aromatic rings. The van der Waals surface area contributed by atoms with E-state index in [9.17, 15) is 9.59 Å². The number of carbonyl (C=O) groups is 2. The molecule has 1 heterocycles.